The summed E-state index contributed by atoms with van der Waals surface area (Å²) in [5, 5.41) is 4.67. The molecule has 130 valence electrons. The Balaban J connectivity index is 1.53. The van der Waals surface area contributed by atoms with E-state index in [1.165, 1.54) is 24.3 Å². The molecular weight excluding hydrogens is 343 g/mol. The van der Waals surface area contributed by atoms with E-state index in [0.717, 1.165) is 4.88 Å². The van der Waals surface area contributed by atoms with Gasteiger partial charge in [0.15, 0.2) is 6.61 Å². The van der Waals surface area contributed by atoms with Crippen LogP contribution in [0.4, 0.5) is 4.39 Å². The summed E-state index contributed by atoms with van der Waals surface area (Å²) in [4.78, 5) is 26.5. The summed E-state index contributed by atoms with van der Waals surface area (Å²) in [6.45, 7) is 0.804. The molecule has 0 fully saturated rings. The highest BCUT2D eigenvalue weighted by Gasteiger charge is 2.21. The first-order valence-corrected chi connectivity index (χ1v) is 8.68. The Hall–Kier alpha value is -2.67. The number of hydrogen-bond acceptors (Lipinski definition) is 4. The number of thiophene rings is 1. The monoisotopic (exact) mass is 360 g/mol. The molecule has 0 saturated carbocycles. The lowest BCUT2D eigenvalue weighted by Crippen LogP contribution is -2.38. The van der Waals surface area contributed by atoms with Crippen LogP contribution in [-0.2, 0) is 16.1 Å². The Morgan fingerprint density at radius 1 is 1.40 bits per heavy atom. The van der Waals surface area contributed by atoms with Crippen LogP contribution in [-0.4, -0.2) is 36.4 Å². The van der Waals surface area contributed by atoms with Crippen molar-refractivity contribution < 1.29 is 18.7 Å². The maximum atomic E-state index is 13.4. The van der Waals surface area contributed by atoms with Gasteiger partial charge in [-0.05, 0) is 35.7 Å². The van der Waals surface area contributed by atoms with Crippen molar-refractivity contribution >= 4 is 29.2 Å². The highest BCUT2D eigenvalue weighted by Crippen LogP contribution is 2.24. The number of amides is 2. The van der Waals surface area contributed by atoms with Crippen LogP contribution in [0.3, 0.4) is 0 Å². The van der Waals surface area contributed by atoms with Crippen LogP contribution in [0.15, 0.2) is 41.8 Å². The fourth-order valence-corrected chi connectivity index (χ4v) is 3.08. The van der Waals surface area contributed by atoms with Gasteiger partial charge in [0.25, 0.3) is 5.91 Å². The molecule has 0 saturated heterocycles. The zero-order valence-corrected chi connectivity index (χ0v) is 14.2. The van der Waals surface area contributed by atoms with E-state index in [0.29, 0.717) is 24.4 Å². The molecule has 1 aromatic carbocycles. The Labute approximate surface area is 148 Å². The molecule has 25 heavy (non-hydrogen) atoms. The summed E-state index contributed by atoms with van der Waals surface area (Å²) < 4.78 is 18.8. The SMILES string of the molecule is O=C(C=Cc1cccs1)NCCN1Cc2cc(F)ccc2OCC1=O. The van der Waals surface area contributed by atoms with Gasteiger partial charge in [0.2, 0.25) is 5.91 Å². The zero-order chi connectivity index (χ0) is 17.6. The number of halogens is 1. The van der Waals surface area contributed by atoms with Crippen molar-refractivity contribution in [1.29, 1.82) is 0 Å². The highest BCUT2D eigenvalue weighted by molar-refractivity contribution is 7.10. The van der Waals surface area contributed by atoms with Crippen LogP contribution in [0.25, 0.3) is 6.08 Å². The number of nitrogens with one attached hydrogen (secondary N) is 1. The molecule has 0 unspecified atom stereocenters. The third-order valence-electron chi connectivity index (χ3n) is 3.71. The standard InChI is InChI=1S/C18H17FN2O3S/c19-14-3-5-16-13(10-14)11-21(18(23)12-24-16)8-7-20-17(22)6-4-15-2-1-9-25-15/h1-6,9-10H,7-8,11-12H2,(H,20,22). The summed E-state index contributed by atoms with van der Waals surface area (Å²) in [6, 6.07) is 8.03. The van der Waals surface area contributed by atoms with Gasteiger partial charge in [-0.2, -0.15) is 0 Å². The molecule has 2 heterocycles. The third kappa shape index (κ3) is 4.67. The van der Waals surface area contributed by atoms with Gasteiger partial charge >= 0.3 is 0 Å². The smallest absolute Gasteiger partial charge is 0.260 e. The molecule has 1 aromatic heterocycles. The maximum absolute atomic E-state index is 13.4. The van der Waals surface area contributed by atoms with Gasteiger partial charge in [0.05, 0.1) is 0 Å². The summed E-state index contributed by atoms with van der Waals surface area (Å²) >= 11 is 1.54. The minimum atomic E-state index is -0.372. The molecule has 7 heteroatoms. The molecule has 0 atom stereocenters. The predicted molar refractivity (Wildman–Crippen MR) is 93.7 cm³/mol. The fraction of sp³-hybridized carbons (Fsp3) is 0.222. The van der Waals surface area contributed by atoms with E-state index in [2.05, 4.69) is 5.32 Å². The number of fused-ring (bicyclic) bond motifs is 1. The average Bonchev–Trinajstić information content (AvgIpc) is 3.06. The van der Waals surface area contributed by atoms with Crippen molar-refractivity contribution in [3.8, 4) is 5.75 Å². The van der Waals surface area contributed by atoms with E-state index in [4.69, 9.17) is 4.74 Å². The largest absolute Gasteiger partial charge is 0.483 e. The van der Waals surface area contributed by atoms with E-state index in [9.17, 15) is 14.0 Å². The van der Waals surface area contributed by atoms with E-state index in [1.54, 1.807) is 22.3 Å². The quantitative estimate of drug-likeness (QED) is 0.834. The van der Waals surface area contributed by atoms with Crippen LogP contribution in [0.2, 0.25) is 0 Å². The van der Waals surface area contributed by atoms with Crippen LogP contribution in [0.5, 0.6) is 5.75 Å². The third-order valence-corrected chi connectivity index (χ3v) is 4.55. The number of rotatable bonds is 5. The summed E-state index contributed by atoms with van der Waals surface area (Å²) in [6.07, 6.45) is 3.20. The number of carbonyl (C=O) groups excluding carboxylic acids is 2. The van der Waals surface area contributed by atoms with Gasteiger partial charge in [-0.15, -0.1) is 11.3 Å². The van der Waals surface area contributed by atoms with E-state index in [-0.39, 0.29) is 30.8 Å². The average molecular weight is 360 g/mol. The second-order valence-corrected chi connectivity index (χ2v) is 6.48. The van der Waals surface area contributed by atoms with Crippen molar-refractivity contribution in [2.75, 3.05) is 19.7 Å². The van der Waals surface area contributed by atoms with E-state index >= 15 is 0 Å². The van der Waals surface area contributed by atoms with Crippen molar-refractivity contribution in [1.82, 2.24) is 10.2 Å². The van der Waals surface area contributed by atoms with Crippen LogP contribution in [0, 0.1) is 5.82 Å². The molecule has 0 bridgehead atoms. The van der Waals surface area contributed by atoms with E-state index < -0.39 is 0 Å². The van der Waals surface area contributed by atoms with Gasteiger partial charge < -0.3 is 15.0 Å². The summed E-state index contributed by atoms with van der Waals surface area (Å²) in [5.41, 5.74) is 0.620. The first-order valence-electron chi connectivity index (χ1n) is 7.80. The summed E-state index contributed by atoms with van der Waals surface area (Å²) in [7, 11) is 0. The molecule has 5 nitrogen and oxygen atoms in total. The second-order valence-electron chi connectivity index (χ2n) is 5.50. The number of nitrogens with zero attached hydrogens (tertiary/aromatic N) is 1. The first-order chi connectivity index (χ1) is 12.1. The molecule has 1 aliphatic heterocycles. The molecule has 2 aromatic rings. The minimum Gasteiger partial charge on any atom is -0.483 e. The lowest BCUT2D eigenvalue weighted by molar-refractivity contribution is -0.133. The molecule has 2 amide bonds. The van der Waals surface area contributed by atoms with Crippen LogP contribution in [0.1, 0.15) is 10.4 Å². The normalized spacial score (nSPS) is 14.1. The Morgan fingerprint density at radius 3 is 3.08 bits per heavy atom. The molecule has 0 aliphatic carbocycles. The molecule has 0 spiro atoms. The van der Waals surface area contributed by atoms with Crippen molar-refractivity contribution in [3.63, 3.8) is 0 Å². The first kappa shape index (κ1) is 17.2. The van der Waals surface area contributed by atoms with Gasteiger partial charge in [0, 0.05) is 36.2 Å². The number of hydrogen-bond donors (Lipinski definition) is 1. The van der Waals surface area contributed by atoms with Crippen molar-refractivity contribution in [2.24, 2.45) is 0 Å². The van der Waals surface area contributed by atoms with E-state index in [1.807, 2.05) is 17.5 Å². The highest BCUT2D eigenvalue weighted by atomic mass is 32.1. The molecule has 3 rings (SSSR count). The number of benzene rings is 1. The van der Waals surface area contributed by atoms with Crippen molar-refractivity contribution in [2.45, 2.75) is 6.54 Å². The lowest BCUT2D eigenvalue weighted by Gasteiger charge is -2.20. The zero-order valence-electron chi connectivity index (χ0n) is 13.4. The van der Waals surface area contributed by atoms with Gasteiger partial charge in [-0.25, -0.2) is 4.39 Å². The number of ether oxygens (including phenoxy) is 1. The Morgan fingerprint density at radius 2 is 2.28 bits per heavy atom. The fourth-order valence-electron chi connectivity index (χ4n) is 2.46. The Bertz CT molecular complexity index is 790. The predicted octanol–water partition coefficient (Wildman–Crippen LogP) is 2.44. The maximum Gasteiger partial charge on any atom is 0.260 e. The molecule has 1 aliphatic rings. The van der Waals surface area contributed by atoms with Crippen LogP contribution < -0.4 is 10.1 Å². The van der Waals surface area contributed by atoms with Gasteiger partial charge in [0.1, 0.15) is 11.6 Å². The van der Waals surface area contributed by atoms with Gasteiger partial charge in [-0.1, -0.05) is 6.07 Å². The Kier molecular flexibility index (Phi) is 5.45. The topological polar surface area (TPSA) is 58.6 Å². The lowest BCUT2D eigenvalue weighted by atomic mass is 10.2. The minimum absolute atomic E-state index is 0.0924. The molecular formula is C18H17FN2O3S. The number of carbonyl (C=O) groups is 2. The van der Waals surface area contributed by atoms with Gasteiger partial charge in [-0.3, -0.25) is 9.59 Å². The van der Waals surface area contributed by atoms with Crippen molar-refractivity contribution in [3.05, 3.63) is 58.0 Å². The van der Waals surface area contributed by atoms with Crippen LogP contribution >= 0.6 is 11.3 Å². The molecule has 1 N–H and O–H groups in total. The summed E-state index contributed by atoms with van der Waals surface area (Å²) in [5.74, 6) is -0.276. The second kappa shape index (κ2) is 7.94. The molecule has 0 radical (unpaired) electrons.